The van der Waals surface area contributed by atoms with Gasteiger partial charge in [-0.25, -0.2) is 0 Å². The molecule has 0 aliphatic heterocycles. The van der Waals surface area contributed by atoms with Gasteiger partial charge in [0.25, 0.3) is 5.56 Å². The summed E-state index contributed by atoms with van der Waals surface area (Å²) in [5, 5.41) is 9.13. The number of aromatic nitrogens is 4. The second kappa shape index (κ2) is 6.36. The van der Waals surface area contributed by atoms with Crippen molar-refractivity contribution in [3.63, 3.8) is 0 Å². The minimum Gasteiger partial charge on any atom is -0.291 e. The van der Waals surface area contributed by atoms with Crippen molar-refractivity contribution in [2.75, 3.05) is 0 Å². The Labute approximate surface area is 132 Å². The molecule has 3 aromatic rings. The monoisotopic (exact) mass is 314 g/mol. The fourth-order valence-electron chi connectivity index (χ4n) is 2.46. The summed E-state index contributed by atoms with van der Waals surface area (Å²) >= 11 is 1.63. The molecule has 5 nitrogen and oxygen atoms in total. The van der Waals surface area contributed by atoms with Crippen LogP contribution in [0.5, 0.6) is 0 Å². The average Bonchev–Trinajstić information content (AvgIpc) is 2.88. The number of nitrogens with zero attached hydrogens (tertiary/aromatic N) is 3. The molecular weight excluding hydrogens is 296 g/mol. The number of fused-ring (bicyclic) bond motifs is 1. The third kappa shape index (κ3) is 3.06. The van der Waals surface area contributed by atoms with Gasteiger partial charge in [0.2, 0.25) is 5.78 Å². The van der Waals surface area contributed by atoms with Gasteiger partial charge in [-0.1, -0.05) is 54.9 Å². The Bertz CT molecular complexity index is 853. The predicted molar refractivity (Wildman–Crippen MR) is 88.3 cm³/mol. The minimum atomic E-state index is -0.126. The van der Waals surface area contributed by atoms with Crippen molar-refractivity contribution in [2.24, 2.45) is 0 Å². The molecule has 0 unspecified atom stereocenters. The molecule has 3 rings (SSSR count). The number of benzene rings is 1. The smallest absolute Gasteiger partial charge is 0.252 e. The zero-order valence-corrected chi connectivity index (χ0v) is 13.5. The zero-order chi connectivity index (χ0) is 15.5. The molecule has 6 heteroatoms. The van der Waals surface area contributed by atoms with Crippen molar-refractivity contribution in [1.82, 2.24) is 19.6 Å². The summed E-state index contributed by atoms with van der Waals surface area (Å²) in [5.74, 6) is 1.34. The summed E-state index contributed by atoms with van der Waals surface area (Å²) in [6.45, 7) is 4.18. The van der Waals surface area contributed by atoms with Crippen LogP contribution in [0, 0.1) is 6.92 Å². The Kier molecular flexibility index (Phi) is 4.29. The third-order valence-electron chi connectivity index (χ3n) is 3.41. The molecule has 0 aliphatic carbocycles. The van der Waals surface area contributed by atoms with Gasteiger partial charge in [0.15, 0.2) is 5.16 Å². The van der Waals surface area contributed by atoms with Gasteiger partial charge in [-0.15, -0.1) is 10.2 Å². The van der Waals surface area contributed by atoms with Gasteiger partial charge in [-0.05, 0) is 18.9 Å². The van der Waals surface area contributed by atoms with Crippen LogP contribution < -0.4 is 5.56 Å². The van der Waals surface area contributed by atoms with Crippen LogP contribution in [0.4, 0.5) is 0 Å². The average molecular weight is 314 g/mol. The molecular formula is C16H18N4OS. The van der Waals surface area contributed by atoms with Crippen molar-refractivity contribution >= 4 is 17.5 Å². The van der Waals surface area contributed by atoms with Gasteiger partial charge < -0.3 is 0 Å². The van der Waals surface area contributed by atoms with E-state index >= 15 is 0 Å². The molecule has 0 spiro atoms. The van der Waals surface area contributed by atoms with E-state index in [2.05, 4.69) is 53.3 Å². The summed E-state index contributed by atoms with van der Waals surface area (Å²) in [4.78, 5) is 14.4. The van der Waals surface area contributed by atoms with E-state index in [0.29, 0.717) is 5.78 Å². The first-order valence-electron chi connectivity index (χ1n) is 7.33. The van der Waals surface area contributed by atoms with Crippen LogP contribution >= 0.6 is 11.8 Å². The fraction of sp³-hybridized carbons (Fsp3) is 0.312. The number of hydrogen-bond acceptors (Lipinski definition) is 4. The van der Waals surface area contributed by atoms with Crippen LogP contribution in [0.25, 0.3) is 5.78 Å². The van der Waals surface area contributed by atoms with E-state index in [1.54, 1.807) is 17.8 Å². The highest BCUT2D eigenvalue weighted by Crippen LogP contribution is 2.22. The number of aromatic amines is 1. The molecule has 0 aliphatic rings. The van der Waals surface area contributed by atoms with Crippen LogP contribution in [-0.4, -0.2) is 19.6 Å². The second-order valence-electron chi connectivity index (χ2n) is 5.29. The lowest BCUT2D eigenvalue weighted by Gasteiger charge is -2.06. The van der Waals surface area contributed by atoms with Crippen molar-refractivity contribution in [1.29, 1.82) is 0 Å². The maximum Gasteiger partial charge on any atom is 0.252 e. The minimum absolute atomic E-state index is 0.126. The van der Waals surface area contributed by atoms with Crippen LogP contribution in [-0.2, 0) is 12.2 Å². The van der Waals surface area contributed by atoms with Crippen LogP contribution in [0.15, 0.2) is 40.3 Å². The van der Waals surface area contributed by atoms with Gasteiger partial charge in [-0.3, -0.25) is 14.2 Å². The Morgan fingerprint density at radius 3 is 2.91 bits per heavy atom. The molecule has 2 heterocycles. The number of H-pyrrole nitrogens is 1. The molecule has 1 N–H and O–H groups in total. The summed E-state index contributed by atoms with van der Waals surface area (Å²) in [6.07, 6.45) is 1.80. The molecule has 0 saturated carbocycles. The number of thioether (sulfide) groups is 1. The molecule has 2 aromatic heterocycles. The first kappa shape index (κ1) is 14.8. The Morgan fingerprint density at radius 2 is 2.14 bits per heavy atom. The largest absolute Gasteiger partial charge is 0.291 e. The van der Waals surface area contributed by atoms with Crippen molar-refractivity contribution in [2.45, 2.75) is 37.6 Å². The number of rotatable bonds is 5. The molecule has 0 radical (unpaired) electrons. The standard InChI is InChI=1S/C16H18N4OS/c1-3-5-13-9-14(21)17-15-18-19-16(20(13)15)22-10-12-7-4-6-11(2)8-12/h4,6-9H,3,5,10H2,1-2H3,(H,17,18,21). The topological polar surface area (TPSA) is 63.0 Å². The van der Waals surface area contributed by atoms with E-state index in [1.807, 2.05) is 4.40 Å². The first-order valence-corrected chi connectivity index (χ1v) is 8.31. The van der Waals surface area contributed by atoms with E-state index in [-0.39, 0.29) is 5.56 Å². The van der Waals surface area contributed by atoms with E-state index < -0.39 is 0 Å². The van der Waals surface area contributed by atoms with Gasteiger partial charge in [-0.2, -0.15) is 0 Å². The summed E-state index contributed by atoms with van der Waals surface area (Å²) in [7, 11) is 0. The second-order valence-corrected chi connectivity index (χ2v) is 6.24. The van der Waals surface area contributed by atoms with E-state index in [9.17, 15) is 4.79 Å². The van der Waals surface area contributed by atoms with Crippen molar-refractivity contribution < 1.29 is 0 Å². The third-order valence-corrected chi connectivity index (χ3v) is 4.41. The summed E-state index contributed by atoms with van der Waals surface area (Å²) in [5.41, 5.74) is 3.33. The predicted octanol–water partition coefficient (Wildman–Crippen LogP) is 2.97. The Hall–Kier alpha value is -2.08. The summed E-state index contributed by atoms with van der Waals surface area (Å²) < 4.78 is 1.95. The van der Waals surface area contributed by atoms with Crippen LogP contribution in [0.2, 0.25) is 0 Å². The first-order chi connectivity index (χ1) is 10.7. The molecule has 0 fully saturated rings. The SMILES string of the molecule is CCCc1cc(=O)[nH]c2nnc(SCc3cccc(C)c3)n12. The van der Waals surface area contributed by atoms with E-state index in [1.165, 1.54) is 11.1 Å². The Morgan fingerprint density at radius 1 is 1.27 bits per heavy atom. The Balaban J connectivity index is 1.92. The normalized spacial score (nSPS) is 11.2. The lowest BCUT2D eigenvalue weighted by molar-refractivity contribution is 0.800. The van der Waals surface area contributed by atoms with Crippen molar-refractivity contribution in [3.05, 3.63) is 57.5 Å². The molecule has 0 bridgehead atoms. The van der Waals surface area contributed by atoms with Gasteiger partial charge in [0.05, 0.1) is 0 Å². The summed E-state index contributed by atoms with van der Waals surface area (Å²) in [6, 6.07) is 10.1. The number of nitrogens with one attached hydrogen (secondary N) is 1. The van der Waals surface area contributed by atoms with Crippen LogP contribution in [0.1, 0.15) is 30.2 Å². The highest BCUT2D eigenvalue weighted by Gasteiger charge is 2.11. The molecule has 0 saturated heterocycles. The quantitative estimate of drug-likeness (QED) is 0.735. The fourth-order valence-corrected chi connectivity index (χ4v) is 3.36. The molecule has 0 amide bonds. The van der Waals surface area contributed by atoms with Crippen molar-refractivity contribution in [3.8, 4) is 0 Å². The molecule has 0 atom stereocenters. The molecule has 114 valence electrons. The highest BCUT2D eigenvalue weighted by atomic mass is 32.2. The molecule has 22 heavy (non-hydrogen) atoms. The molecule has 1 aromatic carbocycles. The van der Waals surface area contributed by atoms with Gasteiger partial charge in [0, 0.05) is 17.5 Å². The van der Waals surface area contributed by atoms with Crippen LogP contribution in [0.3, 0.4) is 0 Å². The van der Waals surface area contributed by atoms with Gasteiger partial charge in [0.1, 0.15) is 0 Å². The van der Waals surface area contributed by atoms with E-state index in [4.69, 9.17) is 0 Å². The lowest BCUT2D eigenvalue weighted by Crippen LogP contribution is -2.11. The number of aryl methyl sites for hydroxylation is 2. The maximum atomic E-state index is 11.7. The van der Waals surface area contributed by atoms with E-state index in [0.717, 1.165) is 29.4 Å². The lowest BCUT2D eigenvalue weighted by atomic mass is 10.2. The zero-order valence-electron chi connectivity index (χ0n) is 12.7. The highest BCUT2D eigenvalue weighted by molar-refractivity contribution is 7.98. The number of hydrogen-bond donors (Lipinski definition) is 1. The maximum absolute atomic E-state index is 11.7. The van der Waals surface area contributed by atoms with Gasteiger partial charge >= 0.3 is 0 Å².